The summed E-state index contributed by atoms with van der Waals surface area (Å²) in [5.41, 5.74) is 3.19. The molecule has 0 aliphatic carbocycles. The van der Waals surface area contributed by atoms with E-state index < -0.39 is 0 Å². The van der Waals surface area contributed by atoms with Crippen molar-refractivity contribution in [3.63, 3.8) is 0 Å². The Bertz CT molecular complexity index is 281. The van der Waals surface area contributed by atoms with E-state index in [9.17, 15) is 4.39 Å². The first-order valence-corrected chi connectivity index (χ1v) is 5.09. The molecule has 4 heteroatoms. The number of benzene rings is 1. The number of hydrazine groups is 1. The van der Waals surface area contributed by atoms with Gasteiger partial charge in [0.25, 0.3) is 0 Å². The number of nitrogens with two attached hydrogens (primary N) is 1. The van der Waals surface area contributed by atoms with Crippen LogP contribution in [0.15, 0.2) is 24.3 Å². The first-order chi connectivity index (χ1) is 6.79. The summed E-state index contributed by atoms with van der Waals surface area (Å²) in [5, 5.41) is 0. The van der Waals surface area contributed by atoms with Crippen LogP contribution in [0.25, 0.3) is 0 Å². The van der Waals surface area contributed by atoms with Gasteiger partial charge in [-0.05, 0) is 18.9 Å². The molecule has 0 fully saturated rings. The van der Waals surface area contributed by atoms with Crippen LogP contribution in [0, 0.1) is 5.82 Å². The average molecular weight is 217 g/mol. The normalized spacial score (nSPS) is 12.8. The van der Waals surface area contributed by atoms with Crippen LogP contribution in [-0.4, -0.2) is 5.88 Å². The van der Waals surface area contributed by atoms with Gasteiger partial charge >= 0.3 is 0 Å². The van der Waals surface area contributed by atoms with Crippen LogP contribution in [0.2, 0.25) is 0 Å². The molecular weight excluding hydrogens is 203 g/mol. The number of hydrogen-bond acceptors (Lipinski definition) is 2. The van der Waals surface area contributed by atoms with Gasteiger partial charge in [0.2, 0.25) is 0 Å². The predicted octanol–water partition coefficient (Wildman–Crippen LogP) is 2.35. The summed E-state index contributed by atoms with van der Waals surface area (Å²) in [6.45, 7) is 0. The fourth-order valence-electron chi connectivity index (χ4n) is 1.37. The topological polar surface area (TPSA) is 38.0 Å². The summed E-state index contributed by atoms with van der Waals surface area (Å²) >= 11 is 5.57. The lowest BCUT2D eigenvalue weighted by Crippen LogP contribution is -2.28. The minimum absolute atomic E-state index is 0.157. The minimum Gasteiger partial charge on any atom is -0.271 e. The fraction of sp³-hybridized carbons (Fsp3) is 0.400. The highest BCUT2D eigenvalue weighted by Gasteiger charge is 2.12. The van der Waals surface area contributed by atoms with Crippen molar-refractivity contribution in [2.45, 2.75) is 18.9 Å². The van der Waals surface area contributed by atoms with Crippen molar-refractivity contribution in [3.8, 4) is 0 Å². The van der Waals surface area contributed by atoms with E-state index in [0.717, 1.165) is 12.8 Å². The quantitative estimate of drug-likeness (QED) is 0.451. The Morgan fingerprint density at radius 2 is 2.14 bits per heavy atom. The summed E-state index contributed by atoms with van der Waals surface area (Å²) in [4.78, 5) is 0. The van der Waals surface area contributed by atoms with Crippen LogP contribution < -0.4 is 11.3 Å². The lowest BCUT2D eigenvalue weighted by Gasteiger charge is -2.16. The molecule has 0 aliphatic rings. The molecule has 0 amide bonds. The highest BCUT2D eigenvalue weighted by atomic mass is 35.5. The highest BCUT2D eigenvalue weighted by molar-refractivity contribution is 6.17. The van der Waals surface area contributed by atoms with E-state index in [1.165, 1.54) is 6.07 Å². The average Bonchev–Trinajstić information content (AvgIpc) is 2.21. The first kappa shape index (κ1) is 11.4. The van der Waals surface area contributed by atoms with Crippen LogP contribution in [0.4, 0.5) is 4.39 Å². The summed E-state index contributed by atoms with van der Waals surface area (Å²) < 4.78 is 13.3. The van der Waals surface area contributed by atoms with Gasteiger partial charge in [0, 0.05) is 17.5 Å². The summed E-state index contributed by atoms with van der Waals surface area (Å²) in [6, 6.07) is 6.46. The second-order valence-corrected chi connectivity index (χ2v) is 3.45. The van der Waals surface area contributed by atoms with Gasteiger partial charge in [-0.25, -0.2) is 4.39 Å². The maximum atomic E-state index is 13.3. The number of halogens is 2. The lowest BCUT2D eigenvalue weighted by atomic mass is 10.0. The summed E-state index contributed by atoms with van der Waals surface area (Å²) in [7, 11) is 0. The van der Waals surface area contributed by atoms with E-state index in [-0.39, 0.29) is 11.9 Å². The Morgan fingerprint density at radius 3 is 2.71 bits per heavy atom. The molecule has 2 nitrogen and oxygen atoms in total. The van der Waals surface area contributed by atoms with Crippen LogP contribution in [0.3, 0.4) is 0 Å². The molecule has 1 aromatic rings. The van der Waals surface area contributed by atoms with Gasteiger partial charge in [-0.3, -0.25) is 11.3 Å². The Kier molecular flexibility index (Phi) is 4.87. The van der Waals surface area contributed by atoms with Crippen molar-refractivity contribution in [2.24, 2.45) is 5.84 Å². The fourth-order valence-corrected chi connectivity index (χ4v) is 1.52. The molecule has 0 aromatic heterocycles. The van der Waals surface area contributed by atoms with Crippen LogP contribution in [0.5, 0.6) is 0 Å². The Morgan fingerprint density at radius 1 is 1.43 bits per heavy atom. The summed E-state index contributed by atoms with van der Waals surface area (Å²) in [5.74, 6) is 5.69. The van der Waals surface area contributed by atoms with Crippen molar-refractivity contribution in [3.05, 3.63) is 35.6 Å². The van der Waals surface area contributed by atoms with E-state index in [0.29, 0.717) is 11.4 Å². The zero-order valence-electron chi connectivity index (χ0n) is 7.84. The van der Waals surface area contributed by atoms with Gasteiger partial charge < -0.3 is 0 Å². The third-order valence-corrected chi connectivity index (χ3v) is 2.38. The van der Waals surface area contributed by atoms with Gasteiger partial charge in [-0.2, -0.15) is 0 Å². The highest BCUT2D eigenvalue weighted by Crippen LogP contribution is 2.20. The first-order valence-electron chi connectivity index (χ1n) is 4.56. The molecule has 78 valence electrons. The number of rotatable bonds is 5. The molecule has 0 bridgehead atoms. The molecule has 0 spiro atoms. The third kappa shape index (κ3) is 2.94. The van der Waals surface area contributed by atoms with Crippen LogP contribution in [0.1, 0.15) is 24.4 Å². The standard InChI is InChI=1S/C10H14ClFN2/c11-7-3-6-10(14-13)8-4-1-2-5-9(8)12/h1-2,4-5,10,14H,3,6-7,13H2. The van der Waals surface area contributed by atoms with E-state index in [4.69, 9.17) is 17.4 Å². The molecule has 14 heavy (non-hydrogen) atoms. The van der Waals surface area contributed by atoms with Crippen molar-refractivity contribution in [2.75, 3.05) is 5.88 Å². The number of hydrogen-bond donors (Lipinski definition) is 2. The van der Waals surface area contributed by atoms with Gasteiger partial charge in [0.05, 0.1) is 0 Å². The molecule has 0 radical (unpaired) electrons. The van der Waals surface area contributed by atoms with Crippen molar-refractivity contribution >= 4 is 11.6 Å². The van der Waals surface area contributed by atoms with Gasteiger partial charge in [-0.15, -0.1) is 11.6 Å². The molecule has 1 rings (SSSR count). The predicted molar refractivity (Wildman–Crippen MR) is 56.4 cm³/mol. The van der Waals surface area contributed by atoms with Crippen LogP contribution >= 0.6 is 11.6 Å². The second-order valence-electron chi connectivity index (χ2n) is 3.07. The molecule has 0 heterocycles. The van der Waals surface area contributed by atoms with Gasteiger partial charge in [0.15, 0.2) is 0 Å². The Labute approximate surface area is 88.2 Å². The van der Waals surface area contributed by atoms with Crippen molar-refractivity contribution < 1.29 is 4.39 Å². The van der Waals surface area contributed by atoms with E-state index >= 15 is 0 Å². The molecule has 1 atom stereocenters. The Balaban J connectivity index is 2.73. The molecule has 1 unspecified atom stereocenters. The van der Waals surface area contributed by atoms with E-state index in [1.54, 1.807) is 18.2 Å². The molecule has 0 saturated carbocycles. The van der Waals surface area contributed by atoms with Gasteiger partial charge in [-0.1, -0.05) is 18.2 Å². The second kappa shape index (κ2) is 5.96. The lowest BCUT2D eigenvalue weighted by molar-refractivity contribution is 0.482. The smallest absolute Gasteiger partial charge is 0.128 e. The maximum absolute atomic E-state index is 13.3. The monoisotopic (exact) mass is 216 g/mol. The van der Waals surface area contributed by atoms with Gasteiger partial charge in [0.1, 0.15) is 5.82 Å². The molecular formula is C10H14ClFN2. The molecule has 0 saturated heterocycles. The molecule has 0 aliphatic heterocycles. The largest absolute Gasteiger partial charge is 0.271 e. The minimum atomic E-state index is -0.231. The Hall–Kier alpha value is -0.640. The zero-order valence-corrected chi connectivity index (χ0v) is 8.60. The van der Waals surface area contributed by atoms with E-state index in [2.05, 4.69) is 5.43 Å². The zero-order chi connectivity index (χ0) is 10.4. The van der Waals surface area contributed by atoms with Crippen molar-refractivity contribution in [1.82, 2.24) is 5.43 Å². The van der Waals surface area contributed by atoms with E-state index in [1.807, 2.05) is 0 Å². The summed E-state index contributed by atoms with van der Waals surface area (Å²) in [6.07, 6.45) is 1.55. The third-order valence-electron chi connectivity index (χ3n) is 2.11. The SMILES string of the molecule is NNC(CCCCl)c1ccccc1F. The number of nitrogens with one attached hydrogen (secondary N) is 1. The maximum Gasteiger partial charge on any atom is 0.128 e. The van der Waals surface area contributed by atoms with Crippen LogP contribution in [-0.2, 0) is 0 Å². The molecule has 1 aromatic carbocycles. The number of alkyl halides is 1. The molecule has 3 N–H and O–H groups in total. The van der Waals surface area contributed by atoms with Crippen molar-refractivity contribution in [1.29, 1.82) is 0 Å².